The highest BCUT2D eigenvalue weighted by Crippen LogP contribution is 2.12. The van der Waals surface area contributed by atoms with Gasteiger partial charge in [0.2, 0.25) is 0 Å². The number of benzene rings is 1. The molecular formula is C16H19N3O3. The van der Waals surface area contributed by atoms with E-state index < -0.39 is 12.0 Å². The molecule has 1 heterocycles. The predicted octanol–water partition coefficient (Wildman–Crippen LogP) is 1.67. The number of aromatic nitrogens is 2. The van der Waals surface area contributed by atoms with Crippen LogP contribution in [0, 0.1) is 0 Å². The lowest BCUT2D eigenvalue weighted by molar-refractivity contribution is -0.141. The van der Waals surface area contributed by atoms with Crippen molar-refractivity contribution < 1.29 is 14.7 Å². The van der Waals surface area contributed by atoms with Crippen molar-refractivity contribution in [1.29, 1.82) is 0 Å². The molecule has 0 aliphatic carbocycles. The van der Waals surface area contributed by atoms with E-state index in [9.17, 15) is 14.7 Å². The Morgan fingerprint density at radius 1 is 1.32 bits per heavy atom. The number of hydrogen-bond acceptors (Lipinski definition) is 3. The minimum Gasteiger partial charge on any atom is -0.480 e. The van der Waals surface area contributed by atoms with Gasteiger partial charge < -0.3 is 10.0 Å². The number of likely N-dealkylation sites (N-methyl/N-ethyl adjacent to an activating group) is 1. The molecule has 0 saturated heterocycles. The summed E-state index contributed by atoms with van der Waals surface area (Å²) in [5.41, 5.74) is 1.27. The number of nitrogens with zero attached hydrogens (tertiary/aromatic N) is 3. The zero-order chi connectivity index (χ0) is 16.1. The molecule has 1 unspecified atom stereocenters. The fourth-order valence-electron chi connectivity index (χ4n) is 2.22. The number of rotatable bonds is 6. The Bertz CT molecular complexity index is 652. The highest BCUT2D eigenvalue weighted by atomic mass is 16.4. The number of carbonyl (C=O) groups excluding carboxylic acids is 1. The minimum absolute atomic E-state index is 0.264. The second-order valence-electron chi connectivity index (χ2n) is 5.04. The molecule has 1 aromatic carbocycles. The van der Waals surface area contributed by atoms with Gasteiger partial charge in [0.15, 0.2) is 0 Å². The van der Waals surface area contributed by atoms with Crippen molar-refractivity contribution in [3.8, 4) is 0 Å². The van der Waals surface area contributed by atoms with Crippen molar-refractivity contribution in [2.24, 2.45) is 0 Å². The largest absolute Gasteiger partial charge is 0.480 e. The molecule has 1 aromatic heterocycles. The first kappa shape index (κ1) is 15.8. The van der Waals surface area contributed by atoms with E-state index in [0.717, 1.165) is 5.56 Å². The van der Waals surface area contributed by atoms with Gasteiger partial charge in [-0.3, -0.25) is 9.48 Å². The van der Waals surface area contributed by atoms with Crippen molar-refractivity contribution in [2.45, 2.75) is 25.9 Å². The van der Waals surface area contributed by atoms with Gasteiger partial charge in [-0.15, -0.1) is 0 Å². The van der Waals surface area contributed by atoms with Crippen LogP contribution >= 0.6 is 0 Å². The second-order valence-corrected chi connectivity index (χ2v) is 5.04. The Hall–Kier alpha value is -2.63. The molecule has 22 heavy (non-hydrogen) atoms. The first-order valence-corrected chi connectivity index (χ1v) is 7.09. The molecule has 1 atom stereocenters. The average Bonchev–Trinajstić information content (AvgIpc) is 3.01. The molecule has 0 aliphatic heterocycles. The number of carboxylic acids is 1. The quantitative estimate of drug-likeness (QED) is 0.880. The van der Waals surface area contributed by atoms with Crippen LogP contribution in [-0.4, -0.2) is 44.8 Å². The summed E-state index contributed by atoms with van der Waals surface area (Å²) >= 11 is 0. The van der Waals surface area contributed by atoms with Crippen LogP contribution < -0.4 is 0 Å². The third kappa shape index (κ3) is 3.52. The van der Waals surface area contributed by atoms with Crippen LogP contribution in [0.5, 0.6) is 0 Å². The molecule has 2 aromatic rings. The van der Waals surface area contributed by atoms with E-state index in [2.05, 4.69) is 5.10 Å². The summed E-state index contributed by atoms with van der Waals surface area (Å²) in [5, 5.41) is 13.5. The number of carboxylic acid groups (broad SMARTS) is 1. The van der Waals surface area contributed by atoms with E-state index in [1.54, 1.807) is 10.9 Å². The first-order valence-electron chi connectivity index (χ1n) is 7.09. The Labute approximate surface area is 129 Å². The third-order valence-electron chi connectivity index (χ3n) is 3.55. The molecule has 6 nitrogen and oxygen atoms in total. The summed E-state index contributed by atoms with van der Waals surface area (Å²) in [6.45, 7) is 2.57. The van der Waals surface area contributed by atoms with Crippen LogP contribution in [0.15, 0.2) is 42.7 Å². The SMILES string of the molecule is CCn1cc(C(=O)N(C)C(Cc2ccccc2)C(=O)O)cn1. The molecule has 2 rings (SSSR count). The minimum atomic E-state index is -1.03. The topological polar surface area (TPSA) is 75.4 Å². The highest BCUT2D eigenvalue weighted by Gasteiger charge is 2.28. The molecule has 0 aliphatic rings. The summed E-state index contributed by atoms with van der Waals surface area (Å²) in [5.74, 6) is -1.37. The van der Waals surface area contributed by atoms with Crippen LogP contribution in [0.3, 0.4) is 0 Å². The van der Waals surface area contributed by atoms with Gasteiger partial charge in [0.1, 0.15) is 6.04 Å². The lowest BCUT2D eigenvalue weighted by atomic mass is 10.0. The zero-order valence-corrected chi connectivity index (χ0v) is 12.6. The average molecular weight is 301 g/mol. The third-order valence-corrected chi connectivity index (χ3v) is 3.55. The van der Waals surface area contributed by atoms with Crippen molar-refractivity contribution in [3.05, 3.63) is 53.9 Å². The van der Waals surface area contributed by atoms with E-state index in [-0.39, 0.29) is 12.3 Å². The fourth-order valence-corrected chi connectivity index (χ4v) is 2.22. The summed E-state index contributed by atoms with van der Waals surface area (Å²) < 4.78 is 1.63. The Kier molecular flexibility index (Phi) is 4.93. The maximum Gasteiger partial charge on any atom is 0.326 e. The van der Waals surface area contributed by atoms with Gasteiger partial charge in [-0.2, -0.15) is 5.10 Å². The van der Waals surface area contributed by atoms with E-state index in [4.69, 9.17) is 0 Å². The van der Waals surface area contributed by atoms with Crippen LogP contribution in [0.25, 0.3) is 0 Å². The molecule has 6 heteroatoms. The van der Waals surface area contributed by atoms with Gasteiger partial charge in [-0.25, -0.2) is 4.79 Å². The molecule has 0 radical (unpaired) electrons. The number of hydrogen-bond donors (Lipinski definition) is 1. The molecule has 0 bridgehead atoms. The van der Waals surface area contributed by atoms with E-state index in [0.29, 0.717) is 12.1 Å². The van der Waals surface area contributed by atoms with Gasteiger partial charge in [0, 0.05) is 26.2 Å². The van der Waals surface area contributed by atoms with Gasteiger partial charge in [-0.1, -0.05) is 30.3 Å². The normalized spacial score (nSPS) is 11.9. The van der Waals surface area contributed by atoms with Crippen LogP contribution in [0.1, 0.15) is 22.8 Å². The van der Waals surface area contributed by atoms with E-state index in [1.165, 1.54) is 18.1 Å². The van der Waals surface area contributed by atoms with Gasteiger partial charge in [0.25, 0.3) is 5.91 Å². The summed E-state index contributed by atoms with van der Waals surface area (Å²) in [6, 6.07) is 8.35. The predicted molar refractivity (Wildman–Crippen MR) is 81.6 cm³/mol. The van der Waals surface area contributed by atoms with Crippen LogP contribution in [0.2, 0.25) is 0 Å². The van der Waals surface area contributed by atoms with Gasteiger partial charge in [-0.05, 0) is 12.5 Å². The maximum atomic E-state index is 12.4. The molecule has 1 N–H and O–H groups in total. The monoisotopic (exact) mass is 301 g/mol. The molecule has 116 valence electrons. The fraction of sp³-hybridized carbons (Fsp3) is 0.312. The van der Waals surface area contributed by atoms with Crippen molar-refractivity contribution >= 4 is 11.9 Å². The number of carbonyl (C=O) groups is 2. The summed E-state index contributed by atoms with van der Waals surface area (Å²) in [7, 11) is 1.51. The lowest BCUT2D eigenvalue weighted by Gasteiger charge is -2.24. The summed E-state index contributed by atoms with van der Waals surface area (Å²) in [4.78, 5) is 25.2. The molecule has 0 spiro atoms. The van der Waals surface area contributed by atoms with Gasteiger partial charge >= 0.3 is 5.97 Å². The lowest BCUT2D eigenvalue weighted by Crippen LogP contribution is -2.43. The maximum absolute atomic E-state index is 12.4. The van der Waals surface area contributed by atoms with Crippen molar-refractivity contribution in [2.75, 3.05) is 7.05 Å². The summed E-state index contributed by atoms with van der Waals surface area (Å²) in [6.07, 6.45) is 3.35. The van der Waals surface area contributed by atoms with Crippen LogP contribution in [0.4, 0.5) is 0 Å². The first-order chi connectivity index (χ1) is 10.5. The zero-order valence-electron chi connectivity index (χ0n) is 12.6. The van der Waals surface area contributed by atoms with Crippen molar-refractivity contribution in [1.82, 2.24) is 14.7 Å². The molecule has 0 fully saturated rings. The smallest absolute Gasteiger partial charge is 0.326 e. The number of amides is 1. The highest BCUT2D eigenvalue weighted by molar-refractivity contribution is 5.96. The Morgan fingerprint density at radius 2 is 2.00 bits per heavy atom. The van der Waals surface area contributed by atoms with Gasteiger partial charge in [0.05, 0.1) is 11.8 Å². The van der Waals surface area contributed by atoms with E-state index in [1.807, 2.05) is 37.3 Å². The Balaban J connectivity index is 2.17. The van der Waals surface area contributed by atoms with Crippen LogP contribution in [-0.2, 0) is 17.8 Å². The number of aryl methyl sites for hydroxylation is 1. The standard InChI is InChI=1S/C16H19N3O3/c1-3-19-11-13(10-17-19)15(20)18(2)14(16(21)22)9-12-7-5-4-6-8-12/h4-8,10-11,14H,3,9H2,1-2H3,(H,21,22). The Morgan fingerprint density at radius 3 is 2.55 bits per heavy atom. The molecule has 1 amide bonds. The number of aliphatic carboxylic acids is 1. The second kappa shape index (κ2) is 6.89. The van der Waals surface area contributed by atoms with Crippen molar-refractivity contribution in [3.63, 3.8) is 0 Å². The molecule has 0 saturated carbocycles. The molecular weight excluding hydrogens is 282 g/mol. The van der Waals surface area contributed by atoms with E-state index >= 15 is 0 Å².